The van der Waals surface area contributed by atoms with Crippen LogP contribution in [0, 0.1) is 9.81 Å². The van der Waals surface area contributed by atoms with E-state index >= 15 is 0 Å². The van der Waals surface area contributed by atoms with Crippen LogP contribution in [0.4, 0.5) is 0 Å². The van der Waals surface area contributed by atoms with E-state index in [0.717, 1.165) is 82.2 Å². The summed E-state index contributed by atoms with van der Waals surface area (Å²) in [4.78, 5) is 21.1. The third-order valence-electron chi connectivity index (χ3n) is 4.64. The van der Waals surface area contributed by atoms with Crippen LogP contribution < -0.4 is 10.6 Å². The van der Waals surface area contributed by atoms with Crippen LogP contribution in [-0.2, 0) is 0 Å². The highest BCUT2D eigenvalue weighted by molar-refractivity contribution is 7.99. The lowest BCUT2D eigenvalue weighted by Gasteiger charge is -2.28. The van der Waals surface area contributed by atoms with Crippen LogP contribution in [0.1, 0.15) is 59.8 Å². The van der Waals surface area contributed by atoms with Gasteiger partial charge in [-0.15, -0.1) is 9.81 Å². The molecule has 0 aliphatic carbocycles. The van der Waals surface area contributed by atoms with Gasteiger partial charge in [-0.1, -0.05) is 27.7 Å². The summed E-state index contributed by atoms with van der Waals surface area (Å²) in [7, 11) is 0. The molecule has 0 unspecified atom stereocenters. The van der Waals surface area contributed by atoms with Crippen molar-refractivity contribution in [1.82, 2.24) is 10.6 Å². The maximum atomic E-state index is 10.6. The Balaban J connectivity index is 3.96. The predicted molar refractivity (Wildman–Crippen MR) is 104 cm³/mol. The first-order chi connectivity index (χ1) is 11.1. The molecule has 0 aromatic heterocycles. The first kappa shape index (κ1) is 22.8. The molecule has 2 N–H and O–H groups in total. The first-order valence-electron chi connectivity index (χ1n) is 8.50. The average Bonchev–Trinajstić information content (AvgIpc) is 2.59. The molecule has 0 saturated heterocycles. The molecule has 0 amide bonds. The fourth-order valence-electron chi connectivity index (χ4n) is 2.45. The van der Waals surface area contributed by atoms with E-state index in [1.54, 1.807) is 0 Å². The number of nitroso groups, excluding NO2 is 2. The van der Waals surface area contributed by atoms with E-state index in [2.05, 4.69) is 47.5 Å². The number of nitrogens with one attached hydrogen (secondary N) is 2. The van der Waals surface area contributed by atoms with Crippen molar-refractivity contribution >= 4 is 23.9 Å². The maximum absolute atomic E-state index is 10.6. The molecular weight excluding hydrogens is 332 g/mol. The molecule has 0 aliphatic rings. The molecule has 0 spiro atoms. The molecule has 6 nitrogen and oxygen atoms in total. The van der Waals surface area contributed by atoms with Gasteiger partial charge < -0.3 is 10.6 Å². The lowest BCUT2D eigenvalue weighted by molar-refractivity contribution is 0.468. The Hall–Kier alpha value is -0.180. The van der Waals surface area contributed by atoms with Gasteiger partial charge in [-0.2, -0.15) is 0 Å². The van der Waals surface area contributed by atoms with Gasteiger partial charge in [-0.3, -0.25) is 0 Å². The molecule has 0 heterocycles. The Kier molecular flexibility index (Phi) is 13.0. The van der Waals surface area contributed by atoms with Crippen LogP contribution in [-0.4, -0.2) is 35.7 Å². The quantitative estimate of drug-likeness (QED) is 0.238. The van der Waals surface area contributed by atoms with Crippen molar-refractivity contribution < 1.29 is 0 Å². The van der Waals surface area contributed by atoms with Gasteiger partial charge in [0.2, 0.25) is 0 Å². The second-order valence-electron chi connectivity index (χ2n) is 5.82. The van der Waals surface area contributed by atoms with Crippen LogP contribution in [0.2, 0.25) is 0 Å². The third kappa shape index (κ3) is 8.47. The zero-order chi connectivity index (χ0) is 17.6. The molecular formula is C15H32N4O2S2. The highest BCUT2D eigenvalue weighted by Gasteiger charge is 2.28. The van der Waals surface area contributed by atoms with E-state index in [4.69, 9.17) is 0 Å². The summed E-state index contributed by atoms with van der Waals surface area (Å²) in [5, 5.41) is 6.86. The van der Waals surface area contributed by atoms with Crippen molar-refractivity contribution in [3.8, 4) is 0 Å². The molecule has 0 aromatic carbocycles. The minimum Gasteiger partial charge on any atom is -0.315 e. The molecule has 0 bridgehead atoms. The number of hydrogen-bond donors (Lipinski definition) is 2. The van der Waals surface area contributed by atoms with Crippen LogP contribution >= 0.6 is 23.9 Å². The SMILES string of the molecule is CCC(CC)(CNCCCNCC(CC)(CC)SN=O)SN=O. The summed E-state index contributed by atoms with van der Waals surface area (Å²) in [5.41, 5.74) is 0. The minimum atomic E-state index is -0.0823. The third-order valence-corrected chi connectivity index (χ3v) is 7.01. The van der Waals surface area contributed by atoms with E-state index in [1.165, 1.54) is 0 Å². The number of nitrogens with zero attached hydrogens (tertiary/aromatic N) is 2. The summed E-state index contributed by atoms with van der Waals surface area (Å²) in [5.74, 6) is 0. The first-order valence-corrected chi connectivity index (χ1v) is 10.0. The van der Waals surface area contributed by atoms with Crippen LogP contribution in [0.3, 0.4) is 0 Å². The van der Waals surface area contributed by atoms with Gasteiger partial charge in [0, 0.05) is 46.1 Å². The van der Waals surface area contributed by atoms with Crippen molar-refractivity contribution in [2.24, 2.45) is 9.16 Å². The van der Waals surface area contributed by atoms with Crippen LogP contribution in [0.25, 0.3) is 0 Å². The molecule has 0 atom stereocenters. The average molecular weight is 365 g/mol. The fourth-order valence-corrected chi connectivity index (χ4v) is 3.62. The maximum Gasteiger partial charge on any atom is 0.0531 e. The van der Waals surface area contributed by atoms with Crippen molar-refractivity contribution in [3.63, 3.8) is 0 Å². The highest BCUT2D eigenvalue weighted by Crippen LogP contribution is 2.33. The zero-order valence-corrected chi connectivity index (χ0v) is 16.5. The van der Waals surface area contributed by atoms with Crippen LogP contribution in [0.5, 0.6) is 0 Å². The summed E-state index contributed by atoms with van der Waals surface area (Å²) < 4.78 is 5.87. The largest absolute Gasteiger partial charge is 0.315 e. The van der Waals surface area contributed by atoms with Gasteiger partial charge in [-0.25, -0.2) is 0 Å². The molecule has 0 aromatic rings. The lowest BCUT2D eigenvalue weighted by atomic mass is 10.0. The Morgan fingerprint density at radius 2 is 1.09 bits per heavy atom. The molecule has 0 rings (SSSR count). The van der Waals surface area contributed by atoms with Gasteiger partial charge in [0.15, 0.2) is 0 Å². The van der Waals surface area contributed by atoms with E-state index < -0.39 is 0 Å². The Labute approximate surface area is 149 Å². The number of rotatable bonds is 16. The van der Waals surface area contributed by atoms with E-state index in [9.17, 15) is 9.81 Å². The molecule has 8 heteroatoms. The van der Waals surface area contributed by atoms with Gasteiger partial charge in [0.25, 0.3) is 0 Å². The molecule has 136 valence electrons. The van der Waals surface area contributed by atoms with E-state index in [-0.39, 0.29) is 9.49 Å². The summed E-state index contributed by atoms with van der Waals surface area (Å²) >= 11 is 2.31. The van der Waals surface area contributed by atoms with Crippen molar-refractivity contribution in [1.29, 1.82) is 0 Å². The molecule has 0 radical (unpaired) electrons. The fraction of sp³-hybridized carbons (Fsp3) is 1.00. The van der Waals surface area contributed by atoms with E-state index in [0.29, 0.717) is 0 Å². The number of hydrogen-bond acceptors (Lipinski definition) is 8. The Morgan fingerprint density at radius 1 is 0.739 bits per heavy atom. The van der Waals surface area contributed by atoms with Crippen LogP contribution in [0.15, 0.2) is 9.16 Å². The van der Waals surface area contributed by atoms with Crippen molar-refractivity contribution in [2.75, 3.05) is 26.2 Å². The van der Waals surface area contributed by atoms with E-state index in [1.807, 2.05) is 0 Å². The summed E-state index contributed by atoms with van der Waals surface area (Å²) in [6.45, 7) is 11.8. The summed E-state index contributed by atoms with van der Waals surface area (Å²) in [6, 6.07) is 0. The second kappa shape index (κ2) is 13.1. The predicted octanol–water partition coefficient (Wildman–Crippen LogP) is 4.50. The Bertz CT molecular complexity index is 295. The molecule has 0 fully saturated rings. The topological polar surface area (TPSA) is 82.9 Å². The van der Waals surface area contributed by atoms with Gasteiger partial charge in [-0.05, 0) is 45.2 Å². The minimum absolute atomic E-state index is 0.0823. The van der Waals surface area contributed by atoms with Gasteiger partial charge in [0.05, 0.1) is 9.49 Å². The van der Waals surface area contributed by atoms with Crippen molar-refractivity contribution in [2.45, 2.75) is 69.3 Å². The molecule has 0 aliphatic heterocycles. The smallest absolute Gasteiger partial charge is 0.0531 e. The van der Waals surface area contributed by atoms with Gasteiger partial charge in [0.1, 0.15) is 0 Å². The molecule has 0 saturated carbocycles. The highest BCUT2D eigenvalue weighted by atomic mass is 32.2. The Morgan fingerprint density at radius 3 is 1.35 bits per heavy atom. The standard InChI is InChI=1S/C15H32N4O2S2/c1-5-14(6-2,22-18-20)12-16-10-9-11-17-13-15(7-3,8-4)23-19-21/h16-17H,5-13H2,1-4H3. The van der Waals surface area contributed by atoms with Crippen molar-refractivity contribution in [3.05, 3.63) is 9.81 Å². The molecule has 23 heavy (non-hydrogen) atoms. The summed E-state index contributed by atoms with van der Waals surface area (Å²) in [6.07, 6.45) is 4.71. The zero-order valence-electron chi connectivity index (χ0n) is 14.9. The van der Waals surface area contributed by atoms with Gasteiger partial charge >= 0.3 is 0 Å². The normalized spacial score (nSPS) is 12.3. The monoisotopic (exact) mass is 364 g/mol. The lowest BCUT2D eigenvalue weighted by Crippen LogP contribution is -2.39. The second-order valence-corrected chi connectivity index (χ2v) is 8.21.